The Balaban J connectivity index is 1.71. The van der Waals surface area contributed by atoms with E-state index in [1.165, 1.54) is 0 Å². The van der Waals surface area contributed by atoms with Gasteiger partial charge in [-0.1, -0.05) is 70.5 Å². The van der Waals surface area contributed by atoms with Gasteiger partial charge in [-0.25, -0.2) is 9.97 Å². The summed E-state index contributed by atoms with van der Waals surface area (Å²) >= 11 is 3.46. The van der Waals surface area contributed by atoms with Crippen LogP contribution < -0.4 is 4.74 Å². The molecule has 0 aliphatic rings. The van der Waals surface area contributed by atoms with E-state index in [9.17, 15) is 0 Å². The lowest BCUT2D eigenvalue weighted by molar-refractivity contribution is 0.293. The summed E-state index contributed by atoms with van der Waals surface area (Å²) in [6.45, 7) is 2.51. The van der Waals surface area contributed by atoms with Crippen LogP contribution in [-0.4, -0.2) is 9.97 Å². The van der Waals surface area contributed by atoms with Gasteiger partial charge < -0.3 is 4.74 Å². The van der Waals surface area contributed by atoms with Gasteiger partial charge in [-0.2, -0.15) is 0 Å². The third-order valence-corrected chi connectivity index (χ3v) is 4.96. The third kappa shape index (κ3) is 4.29. The van der Waals surface area contributed by atoms with Crippen molar-refractivity contribution in [3.8, 4) is 5.88 Å². The van der Waals surface area contributed by atoms with Gasteiger partial charge in [-0.3, -0.25) is 0 Å². The van der Waals surface area contributed by atoms with Gasteiger partial charge in [0.25, 0.3) is 0 Å². The monoisotopic (exact) mass is 430 g/mol. The van der Waals surface area contributed by atoms with Gasteiger partial charge in [-0.15, -0.1) is 0 Å². The maximum Gasteiger partial charge on any atom is 0.240 e. The van der Waals surface area contributed by atoms with Crippen molar-refractivity contribution in [1.82, 2.24) is 9.97 Å². The summed E-state index contributed by atoms with van der Waals surface area (Å²) in [6, 6.07) is 26.2. The number of halogens is 1. The fraction of sp³-hybridized carbons (Fsp3) is 0.0833. The summed E-state index contributed by atoms with van der Waals surface area (Å²) in [7, 11) is 0. The van der Waals surface area contributed by atoms with Crippen LogP contribution in [0.25, 0.3) is 22.7 Å². The quantitative estimate of drug-likeness (QED) is 0.360. The van der Waals surface area contributed by atoms with Crippen LogP contribution in [-0.2, 0) is 6.61 Å². The Morgan fingerprint density at radius 3 is 2.21 bits per heavy atom. The van der Waals surface area contributed by atoms with E-state index in [1.54, 1.807) is 0 Å². The molecular weight excluding hydrogens is 412 g/mol. The van der Waals surface area contributed by atoms with Crippen molar-refractivity contribution < 1.29 is 4.74 Å². The van der Waals surface area contributed by atoms with Crippen LogP contribution in [0.2, 0.25) is 0 Å². The Hall–Kier alpha value is -2.98. The van der Waals surface area contributed by atoms with E-state index < -0.39 is 0 Å². The van der Waals surface area contributed by atoms with Crippen LogP contribution in [0.15, 0.2) is 83.3 Å². The lowest BCUT2D eigenvalue weighted by atomic mass is 10.1. The van der Waals surface area contributed by atoms with E-state index >= 15 is 0 Å². The second kappa shape index (κ2) is 8.36. The summed E-state index contributed by atoms with van der Waals surface area (Å²) < 4.78 is 7.12. The molecule has 3 aromatic carbocycles. The molecule has 138 valence electrons. The number of benzene rings is 3. The highest BCUT2D eigenvalue weighted by molar-refractivity contribution is 9.10. The first-order valence-electron chi connectivity index (χ1n) is 9.07. The predicted octanol–water partition coefficient (Wildman–Crippen LogP) is 6.53. The van der Waals surface area contributed by atoms with Crippen molar-refractivity contribution in [3.05, 3.63) is 100 Å². The lowest BCUT2D eigenvalue weighted by Crippen LogP contribution is -2.01. The molecule has 0 bridgehead atoms. The molecular formula is C24H19BrN2O. The van der Waals surface area contributed by atoms with Crippen molar-refractivity contribution in [1.29, 1.82) is 0 Å². The van der Waals surface area contributed by atoms with Gasteiger partial charge in [0.15, 0.2) is 0 Å². The first kappa shape index (κ1) is 18.4. The van der Waals surface area contributed by atoms with Gasteiger partial charge in [0.1, 0.15) is 12.3 Å². The van der Waals surface area contributed by atoms with Crippen LogP contribution >= 0.6 is 15.9 Å². The van der Waals surface area contributed by atoms with E-state index in [2.05, 4.69) is 35.0 Å². The molecule has 3 nitrogen and oxygen atoms in total. The Morgan fingerprint density at radius 1 is 0.857 bits per heavy atom. The SMILES string of the molecule is C/C(=C\c1nc2ccccc2nc1OCc1ccc(Br)cc1)c1ccccc1. The topological polar surface area (TPSA) is 35.0 Å². The number of rotatable bonds is 5. The molecule has 0 fully saturated rings. The zero-order valence-electron chi connectivity index (χ0n) is 15.5. The molecule has 0 atom stereocenters. The molecule has 0 radical (unpaired) electrons. The highest BCUT2D eigenvalue weighted by Crippen LogP contribution is 2.25. The van der Waals surface area contributed by atoms with Crippen molar-refractivity contribution in [3.63, 3.8) is 0 Å². The molecule has 4 aromatic rings. The number of allylic oxidation sites excluding steroid dienone is 1. The average molecular weight is 431 g/mol. The van der Waals surface area contributed by atoms with Crippen molar-refractivity contribution in [2.24, 2.45) is 0 Å². The zero-order chi connectivity index (χ0) is 19.3. The highest BCUT2D eigenvalue weighted by atomic mass is 79.9. The molecule has 4 heteroatoms. The number of aromatic nitrogens is 2. The first-order valence-corrected chi connectivity index (χ1v) is 9.86. The van der Waals surface area contributed by atoms with Gasteiger partial charge in [0.05, 0.1) is 11.0 Å². The van der Waals surface area contributed by atoms with Crippen LogP contribution in [0.5, 0.6) is 5.88 Å². The van der Waals surface area contributed by atoms with Gasteiger partial charge in [0, 0.05) is 4.47 Å². The number of fused-ring (bicyclic) bond motifs is 1. The third-order valence-electron chi connectivity index (χ3n) is 4.43. The van der Waals surface area contributed by atoms with Gasteiger partial charge in [-0.05, 0) is 54.0 Å². The Kier molecular flexibility index (Phi) is 5.49. The second-order valence-corrected chi connectivity index (χ2v) is 7.43. The van der Waals surface area contributed by atoms with Gasteiger partial charge in [0.2, 0.25) is 5.88 Å². The normalized spacial score (nSPS) is 11.6. The van der Waals surface area contributed by atoms with E-state index in [0.717, 1.165) is 37.9 Å². The molecule has 0 N–H and O–H groups in total. The van der Waals surface area contributed by atoms with E-state index in [-0.39, 0.29) is 0 Å². The summed E-state index contributed by atoms with van der Waals surface area (Å²) in [6.07, 6.45) is 2.03. The Morgan fingerprint density at radius 2 is 1.50 bits per heavy atom. The van der Waals surface area contributed by atoms with E-state index in [0.29, 0.717) is 12.5 Å². The number of hydrogen-bond donors (Lipinski definition) is 0. The van der Waals surface area contributed by atoms with Crippen molar-refractivity contribution in [2.75, 3.05) is 0 Å². The van der Waals surface area contributed by atoms with Gasteiger partial charge >= 0.3 is 0 Å². The summed E-state index contributed by atoms with van der Waals surface area (Å²) in [4.78, 5) is 9.51. The van der Waals surface area contributed by atoms with Crippen molar-refractivity contribution >= 4 is 38.6 Å². The van der Waals surface area contributed by atoms with E-state index in [1.807, 2.05) is 72.8 Å². The predicted molar refractivity (Wildman–Crippen MR) is 118 cm³/mol. The lowest BCUT2D eigenvalue weighted by Gasteiger charge is -2.10. The van der Waals surface area contributed by atoms with Crippen LogP contribution in [0, 0.1) is 0 Å². The fourth-order valence-electron chi connectivity index (χ4n) is 2.92. The molecule has 1 aromatic heterocycles. The standard InChI is InChI=1S/C24H19BrN2O/c1-17(19-7-3-2-4-8-19)15-23-24(27-22-10-6-5-9-21(22)26-23)28-16-18-11-13-20(25)14-12-18/h2-15H,16H2,1H3/b17-15+. The Bertz CT molecular complexity index is 1120. The van der Waals surface area contributed by atoms with Crippen molar-refractivity contribution in [2.45, 2.75) is 13.5 Å². The fourth-order valence-corrected chi connectivity index (χ4v) is 3.18. The Labute approximate surface area is 172 Å². The molecule has 28 heavy (non-hydrogen) atoms. The molecule has 4 rings (SSSR count). The number of para-hydroxylation sites is 2. The highest BCUT2D eigenvalue weighted by Gasteiger charge is 2.10. The molecule has 0 unspecified atom stereocenters. The van der Waals surface area contributed by atoms with E-state index in [4.69, 9.17) is 14.7 Å². The summed E-state index contributed by atoms with van der Waals surface area (Å²) in [5.41, 5.74) is 5.74. The first-order chi connectivity index (χ1) is 13.7. The van der Waals surface area contributed by atoms with Crippen LogP contribution in [0.4, 0.5) is 0 Å². The zero-order valence-corrected chi connectivity index (χ0v) is 17.1. The van der Waals surface area contributed by atoms with Crippen LogP contribution in [0.3, 0.4) is 0 Å². The second-order valence-electron chi connectivity index (χ2n) is 6.51. The maximum absolute atomic E-state index is 6.07. The molecule has 0 saturated carbocycles. The number of ether oxygens (including phenoxy) is 1. The number of nitrogens with zero attached hydrogens (tertiary/aromatic N) is 2. The minimum atomic E-state index is 0.436. The molecule has 0 aliphatic heterocycles. The minimum absolute atomic E-state index is 0.436. The summed E-state index contributed by atoms with van der Waals surface area (Å²) in [5, 5.41) is 0. The average Bonchev–Trinajstić information content (AvgIpc) is 2.74. The van der Waals surface area contributed by atoms with Crippen LogP contribution in [0.1, 0.15) is 23.7 Å². The molecule has 0 amide bonds. The largest absolute Gasteiger partial charge is 0.471 e. The summed E-state index contributed by atoms with van der Waals surface area (Å²) in [5.74, 6) is 0.539. The molecule has 0 saturated heterocycles. The maximum atomic E-state index is 6.07. The molecule has 0 spiro atoms. The minimum Gasteiger partial charge on any atom is -0.471 e. The smallest absolute Gasteiger partial charge is 0.240 e. The number of hydrogen-bond acceptors (Lipinski definition) is 3. The molecule has 0 aliphatic carbocycles. The molecule has 1 heterocycles.